The molecule has 0 atom stereocenters. The van der Waals surface area contributed by atoms with Crippen LogP contribution in [0.15, 0.2) is 41.8 Å². The first-order valence-corrected chi connectivity index (χ1v) is 6.64. The molecule has 1 aromatic heterocycles. The fourth-order valence-corrected chi connectivity index (χ4v) is 2.32. The van der Waals surface area contributed by atoms with Gasteiger partial charge in [-0.25, -0.2) is 5.01 Å². The Kier molecular flexibility index (Phi) is 2.93. The molecule has 0 N–H and O–H groups in total. The van der Waals surface area contributed by atoms with Crippen LogP contribution < -0.4 is 5.01 Å². The lowest BCUT2D eigenvalue weighted by Crippen LogP contribution is -2.19. The zero-order chi connectivity index (χ0) is 14.3. The van der Waals surface area contributed by atoms with Gasteiger partial charge in [0.15, 0.2) is 0 Å². The van der Waals surface area contributed by atoms with Gasteiger partial charge in [-0.3, -0.25) is 4.79 Å². The first kappa shape index (κ1) is 12.7. The molecule has 4 nitrogen and oxygen atoms in total. The molecular weight excluding hydrogens is 250 g/mol. The summed E-state index contributed by atoms with van der Waals surface area (Å²) in [6.45, 7) is 4.10. The lowest BCUT2D eigenvalue weighted by atomic mass is 10.1. The van der Waals surface area contributed by atoms with Gasteiger partial charge in [0.25, 0.3) is 5.91 Å². The largest absolute Gasteiger partial charge is 0.357 e. The monoisotopic (exact) mass is 267 g/mol. The molecule has 0 saturated heterocycles. The molecule has 0 bridgehead atoms. The standard InChI is InChI=1S/C16H17N3O/c1-11-4-5-14(8-12(11)2)19-16(20)9-15(17-19)13-6-7-18(3)10-13/h4-8,10H,9H2,1-3H3. The molecule has 1 aliphatic heterocycles. The number of anilines is 1. The van der Waals surface area contributed by atoms with Gasteiger partial charge in [-0.2, -0.15) is 5.10 Å². The van der Waals surface area contributed by atoms with Crippen molar-refractivity contribution in [3.8, 4) is 0 Å². The Bertz CT molecular complexity index is 712. The van der Waals surface area contributed by atoms with E-state index in [1.807, 2.05) is 55.2 Å². The van der Waals surface area contributed by atoms with Crippen LogP contribution in [0.4, 0.5) is 5.69 Å². The summed E-state index contributed by atoms with van der Waals surface area (Å²) in [6, 6.07) is 7.95. The predicted molar refractivity (Wildman–Crippen MR) is 80.0 cm³/mol. The predicted octanol–water partition coefficient (Wildman–Crippen LogP) is 2.78. The molecule has 0 saturated carbocycles. The van der Waals surface area contributed by atoms with E-state index < -0.39 is 0 Å². The van der Waals surface area contributed by atoms with Crippen LogP contribution >= 0.6 is 0 Å². The zero-order valence-corrected chi connectivity index (χ0v) is 11.9. The molecule has 0 unspecified atom stereocenters. The van der Waals surface area contributed by atoms with Gasteiger partial charge in [0, 0.05) is 25.0 Å². The van der Waals surface area contributed by atoms with Crippen LogP contribution in [0.3, 0.4) is 0 Å². The van der Waals surface area contributed by atoms with Crippen molar-refractivity contribution in [3.63, 3.8) is 0 Å². The van der Waals surface area contributed by atoms with E-state index >= 15 is 0 Å². The second-order valence-corrected chi connectivity index (χ2v) is 5.26. The molecule has 1 amide bonds. The lowest BCUT2D eigenvalue weighted by molar-refractivity contribution is -0.116. The highest BCUT2D eigenvalue weighted by atomic mass is 16.2. The van der Waals surface area contributed by atoms with Crippen LogP contribution in [0.1, 0.15) is 23.1 Å². The van der Waals surface area contributed by atoms with Crippen molar-refractivity contribution in [1.29, 1.82) is 0 Å². The molecule has 3 rings (SSSR count). The molecular formula is C16H17N3O. The Labute approximate surface area is 118 Å². The van der Waals surface area contributed by atoms with E-state index in [4.69, 9.17) is 0 Å². The summed E-state index contributed by atoms with van der Waals surface area (Å²) in [4.78, 5) is 12.2. The van der Waals surface area contributed by atoms with E-state index in [1.165, 1.54) is 16.1 Å². The second-order valence-electron chi connectivity index (χ2n) is 5.26. The van der Waals surface area contributed by atoms with Crippen molar-refractivity contribution in [2.45, 2.75) is 20.3 Å². The van der Waals surface area contributed by atoms with E-state index in [2.05, 4.69) is 12.0 Å². The maximum atomic E-state index is 12.2. The number of hydrazone groups is 1. The Morgan fingerprint density at radius 3 is 2.60 bits per heavy atom. The first-order valence-electron chi connectivity index (χ1n) is 6.64. The van der Waals surface area contributed by atoms with Gasteiger partial charge in [0.1, 0.15) is 0 Å². The first-order chi connectivity index (χ1) is 9.54. The SMILES string of the molecule is Cc1ccc(N2N=C(c3ccn(C)c3)CC2=O)cc1C. The quantitative estimate of drug-likeness (QED) is 0.824. The van der Waals surface area contributed by atoms with E-state index in [0.717, 1.165) is 17.0 Å². The topological polar surface area (TPSA) is 37.6 Å². The van der Waals surface area contributed by atoms with E-state index in [0.29, 0.717) is 6.42 Å². The van der Waals surface area contributed by atoms with E-state index in [-0.39, 0.29) is 5.91 Å². The average molecular weight is 267 g/mol. The molecule has 0 aliphatic carbocycles. The van der Waals surface area contributed by atoms with Crippen LogP contribution in [-0.4, -0.2) is 16.2 Å². The minimum atomic E-state index is 0.0205. The Morgan fingerprint density at radius 2 is 1.95 bits per heavy atom. The molecule has 1 aromatic carbocycles. The van der Waals surface area contributed by atoms with Crippen molar-refractivity contribution in [3.05, 3.63) is 53.3 Å². The second kappa shape index (κ2) is 4.63. The van der Waals surface area contributed by atoms with Gasteiger partial charge in [0.2, 0.25) is 0 Å². The summed E-state index contributed by atoms with van der Waals surface area (Å²) < 4.78 is 1.96. The summed E-state index contributed by atoms with van der Waals surface area (Å²) in [5, 5.41) is 5.99. The maximum absolute atomic E-state index is 12.2. The highest BCUT2D eigenvalue weighted by molar-refractivity contribution is 6.19. The van der Waals surface area contributed by atoms with E-state index in [9.17, 15) is 4.79 Å². The number of hydrogen-bond acceptors (Lipinski definition) is 2. The van der Waals surface area contributed by atoms with Crippen LogP contribution in [-0.2, 0) is 11.8 Å². The fourth-order valence-electron chi connectivity index (χ4n) is 2.32. The maximum Gasteiger partial charge on any atom is 0.253 e. The van der Waals surface area contributed by atoms with Gasteiger partial charge >= 0.3 is 0 Å². The number of carbonyl (C=O) groups excluding carboxylic acids is 1. The molecule has 0 spiro atoms. The smallest absolute Gasteiger partial charge is 0.253 e. The number of carbonyl (C=O) groups is 1. The minimum absolute atomic E-state index is 0.0205. The minimum Gasteiger partial charge on any atom is -0.357 e. The third-order valence-corrected chi connectivity index (χ3v) is 3.68. The highest BCUT2D eigenvalue weighted by Crippen LogP contribution is 2.25. The number of benzene rings is 1. The average Bonchev–Trinajstić information content (AvgIpc) is 2.99. The summed E-state index contributed by atoms with van der Waals surface area (Å²) in [7, 11) is 1.96. The number of nitrogens with zero attached hydrogens (tertiary/aromatic N) is 3. The van der Waals surface area contributed by atoms with Gasteiger partial charge in [-0.1, -0.05) is 6.07 Å². The van der Waals surface area contributed by atoms with Crippen LogP contribution in [0.2, 0.25) is 0 Å². The number of aromatic nitrogens is 1. The third kappa shape index (κ3) is 2.13. The summed E-state index contributed by atoms with van der Waals surface area (Å²) in [5.74, 6) is 0.0205. The van der Waals surface area contributed by atoms with E-state index in [1.54, 1.807) is 0 Å². The number of aryl methyl sites for hydroxylation is 3. The number of amides is 1. The molecule has 0 radical (unpaired) electrons. The van der Waals surface area contributed by atoms with Crippen molar-refractivity contribution >= 4 is 17.3 Å². The Hall–Kier alpha value is -2.36. The zero-order valence-electron chi connectivity index (χ0n) is 11.9. The van der Waals surface area contributed by atoms with Crippen LogP contribution in [0, 0.1) is 13.8 Å². The fraction of sp³-hybridized carbons (Fsp3) is 0.250. The molecule has 2 aromatic rings. The number of hydrogen-bond donors (Lipinski definition) is 0. The Morgan fingerprint density at radius 1 is 1.15 bits per heavy atom. The van der Waals surface area contributed by atoms with Gasteiger partial charge < -0.3 is 4.57 Å². The third-order valence-electron chi connectivity index (χ3n) is 3.68. The van der Waals surface area contributed by atoms with Crippen molar-refractivity contribution in [1.82, 2.24) is 4.57 Å². The van der Waals surface area contributed by atoms with Crippen molar-refractivity contribution in [2.75, 3.05) is 5.01 Å². The highest BCUT2D eigenvalue weighted by Gasteiger charge is 2.26. The van der Waals surface area contributed by atoms with Gasteiger partial charge in [0.05, 0.1) is 17.8 Å². The molecule has 2 heterocycles. The van der Waals surface area contributed by atoms with Crippen LogP contribution in [0.25, 0.3) is 0 Å². The molecule has 0 fully saturated rings. The number of rotatable bonds is 2. The summed E-state index contributed by atoms with van der Waals surface area (Å²) in [6.07, 6.45) is 4.30. The summed E-state index contributed by atoms with van der Waals surface area (Å²) in [5.41, 5.74) is 5.05. The molecule has 4 heteroatoms. The Balaban J connectivity index is 1.95. The van der Waals surface area contributed by atoms with Gasteiger partial charge in [-0.05, 0) is 43.2 Å². The molecule has 1 aliphatic rings. The normalized spacial score (nSPS) is 14.8. The van der Waals surface area contributed by atoms with Gasteiger partial charge in [-0.15, -0.1) is 0 Å². The molecule has 20 heavy (non-hydrogen) atoms. The van der Waals surface area contributed by atoms with Crippen molar-refractivity contribution < 1.29 is 4.79 Å². The molecule has 102 valence electrons. The lowest BCUT2D eigenvalue weighted by Gasteiger charge is -2.13. The summed E-state index contributed by atoms with van der Waals surface area (Å²) >= 11 is 0. The van der Waals surface area contributed by atoms with Crippen molar-refractivity contribution in [2.24, 2.45) is 12.1 Å². The van der Waals surface area contributed by atoms with Crippen LogP contribution in [0.5, 0.6) is 0 Å².